The molecule has 0 fully saturated rings. The van der Waals surface area contributed by atoms with Crippen LogP contribution in [0.4, 0.5) is 0 Å². The van der Waals surface area contributed by atoms with Gasteiger partial charge in [-0.25, -0.2) is 0 Å². The van der Waals surface area contributed by atoms with Crippen molar-refractivity contribution in [2.75, 3.05) is 27.4 Å². The molecule has 0 heterocycles. The number of rotatable bonds is 13. The van der Waals surface area contributed by atoms with Crippen molar-refractivity contribution in [3.05, 3.63) is 71.8 Å². The molecular formula is C30H35NO7S. The zero-order valence-electron chi connectivity index (χ0n) is 23.0. The van der Waals surface area contributed by atoms with Gasteiger partial charge >= 0.3 is 0 Å². The summed E-state index contributed by atoms with van der Waals surface area (Å²) in [7, 11) is 3.01. The highest BCUT2D eigenvalue weighted by Gasteiger charge is 2.22. The Hall–Kier alpha value is -3.63. The van der Waals surface area contributed by atoms with Gasteiger partial charge in [0.2, 0.25) is 0 Å². The number of phenols is 2. The molecule has 39 heavy (non-hydrogen) atoms. The van der Waals surface area contributed by atoms with Gasteiger partial charge in [0.25, 0.3) is 0 Å². The summed E-state index contributed by atoms with van der Waals surface area (Å²) < 4.78 is 22.0. The van der Waals surface area contributed by atoms with Crippen LogP contribution in [0.1, 0.15) is 27.7 Å². The molecule has 3 aromatic carbocycles. The number of allylic oxidation sites excluding steroid dienone is 2. The van der Waals surface area contributed by atoms with Gasteiger partial charge in [-0.3, -0.25) is 0 Å². The third kappa shape index (κ3) is 8.18. The number of methoxy groups -OCH3 is 2. The van der Waals surface area contributed by atoms with Crippen molar-refractivity contribution in [1.82, 2.24) is 5.48 Å². The maximum atomic E-state index is 11.3. The Kier molecular flexibility index (Phi) is 11.1. The van der Waals surface area contributed by atoms with Crippen LogP contribution in [0, 0.1) is 0 Å². The first-order chi connectivity index (χ1) is 18.7. The van der Waals surface area contributed by atoms with Crippen LogP contribution in [0.15, 0.2) is 76.7 Å². The number of benzene rings is 3. The van der Waals surface area contributed by atoms with Gasteiger partial charge in [-0.05, 0) is 75.2 Å². The van der Waals surface area contributed by atoms with Gasteiger partial charge in [0.05, 0.1) is 31.8 Å². The third-order valence-corrected chi connectivity index (χ3v) is 6.20. The van der Waals surface area contributed by atoms with Crippen LogP contribution < -0.4 is 19.7 Å². The summed E-state index contributed by atoms with van der Waals surface area (Å²) in [6.45, 7) is 8.83. The number of aromatic hydroxyl groups is 2. The van der Waals surface area contributed by atoms with E-state index in [4.69, 9.17) is 23.5 Å². The van der Waals surface area contributed by atoms with E-state index < -0.39 is 0 Å². The lowest BCUT2D eigenvalue weighted by Gasteiger charge is -2.18. The fourth-order valence-corrected chi connectivity index (χ4v) is 4.04. The van der Waals surface area contributed by atoms with Gasteiger partial charge in [0.15, 0.2) is 23.0 Å². The molecule has 3 N–H and O–H groups in total. The summed E-state index contributed by atoms with van der Waals surface area (Å²) in [6, 6.07) is 14.2. The van der Waals surface area contributed by atoms with Crippen LogP contribution >= 0.6 is 12.0 Å². The lowest BCUT2D eigenvalue weighted by Crippen LogP contribution is -2.12. The summed E-state index contributed by atoms with van der Waals surface area (Å²) in [5.74, 6) is 0.873. The van der Waals surface area contributed by atoms with E-state index in [1.54, 1.807) is 18.2 Å². The molecule has 0 aliphatic rings. The lowest BCUT2D eigenvalue weighted by molar-refractivity contribution is -0.242. The number of hydrogen-bond donors (Lipinski definition) is 3. The highest BCUT2D eigenvalue weighted by atomic mass is 32.2. The summed E-state index contributed by atoms with van der Waals surface area (Å²) in [6.07, 6.45) is 3.90. The van der Waals surface area contributed by atoms with Gasteiger partial charge in [-0.1, -0.05) is 35.4 Å². The standard InChI is InChI=1S/C30H35NO7S/c1-19(2)13-15-31-37-38-39-23-10-7-21(8-11-23)24-18-27(34-5)28(29(33)30(24)35-6)22-9-12-26(25(32)17-22)36-16-14-20(3)4/h7-14,17-18,31-33H,15-16H2,1-6H3. The van der Waals surface area contributed by atoms with Crippen LogP contribution in [0.5, 0.6) is 28.7 Å². The second kappa shape index (κ2) is 14.5. The molecular weight excluding hydrogens is 518 g/mol. The molecule has 0 atom stereocenters. The molecule has 0 saturated heterocycles. The Morgan fingerprint density at radius 2 is 1.54 bits per heavy atom. The highest BCUT2D eigenvalue weighted by molar-refractivity contribution is 7.94. The quantitative estimate of drug-likeness (QED) is 0.0666. The van der Waals surface area contributed by atoms with Crippen molar-refractivity contribution in [2.24, 2.45) is 0 Å². The molecule has 0 aliphatic carbocycles. The minimum atomic E-state index is -0.109. The van der Waals surface area contributed by atoms with Crippen LogP contribution in [0.25, 0.3) is 22.3 Å². The number of hydroxylamine groups is 1. The van der Waals surface area contributed by atoms with Gasteiger partial charge in [-0.2, -0.15) is 5.48 Å². The van der Waals surface area contributed by atoms with Crippen LogP contribution in [-0.2, 0) is 9.32 Å². The molecule has 208 valence electrons. The van der Waals surface area contributed by atoms with E-state index in [0.29, 0.717) is 41.3 Å². The Labute approximate surface area is 233 Å². The van der Waals surface area contributed by atoms with E-state index >= 15 is 0 Å². The minimum Gasteiger partial charge on any atom is -0.504 e. The van der Waals surface area contributed by atoms with Gasteiger partial charge in [0, 0.05) is 17.0 Å². The summed E-state index contributed by atoms with van der Waals surface area (Å²) >= 11 is 1.06. The molecule has 0 radical (unpaired) electrons. The van der Waals surface area contributed by atoms with E-state index in [1.807, 2.05) is 64.1 Å². The predicted octanol–water partition coefficient (Wildman–Crippen LogP) is 7.22. The van der Waals surface area contributed by atoms with E-state index in [0.717, 1.165) is 28.1 Å². The zero-order chi connectivity index (χ0) is 28.4. The number of ether oxygens (including phenoxy) is 3. The number of hydrogen-bond acceptors (Lipinski definition) is 9. The van der Waals surface area contributed by atoms with Crippen molar-refractivity contribution in [2.45, 2.75) is 32.6 Å². The Balaban J connectivity index is 1.83. The molecule has 0 aromatic heterocycles. The molecule has 0 unspecified atom stereocenters. The summed E-state index contributed by atoms with van der Waals surface area (Å²) in [5.41, 5.74) is 7.36. The normalized spacial score (nSPS) is 10.6. The summed E-state index contributed by atoms with van der Waals surface area (Å²) in [4.78, 5) is 5.77. The Morgan fingerprint density at radius 3 is 2.15 bits per heavy atom. The largest absolute Gasteiger partial charge is 0.504 e. The lowest BCUT2D eigenvalue weighted by atomic mass is 9.96. The van der Waals surface area contributed by atoms with Crippen molar-refractivity contribution in [1.29, 1.82) is 0 Å². The minimum absolute atomic E-state index is 0.0504. The molecule has 9 heteroatoms. The molecule has 0 bridgehead atoms. The second-order valence-electron chi connectivity index (χ2n) is 9.05. The fourth-order valence-electron chi connectivity index (χ4n) is 3.63. The van der Waals surface area contributed by atoms with Crippen molar-refractivity contribution in [3.63, 3.8) is 0 Å². The zero-order valence-corrected chi connectivity index (χ0v) is 23.8. The highest BCUT2D eigenvalue weighted by Crippen LogP contribution is 2.50. The van der Waals surface area contributed by atoms with Crippen LogP contribution in [0.2, 0.25) is 0 Å². The molecule has 0 aliphatic heterocycles. The monoisotopic (exact) mass is 553 g/mol. The maximum absolute atomic E-state index is 11.3. The fraction of sp³-hybridized carbons (Fsp3) is 0.267. The van der Waals surface area contributed by atoms with Gasteiger partial charge in [-0.15, -0.1) is 9.32 Å². The Bertz CT molecular complexity index is 1310. The van der Waals surface area contributed by atoms with E-state index in [9.17, 15) is 10.2 Å². The summed E-state index contributed by atoms with van der Waals surface area (Å²) in [5, 5.41) is 21.8. The van der Waals surface area contributed by atoms with Crippen LogP contribution in [0.3, 0.4) is 0 Å². The average molecular weight is 554 g/mol. The molecule has 8 nitrogen and oxygen atoms in total. The second-order valence-corrected chi connectivity index (χ2v) is 9.82. The molecule has 0 spiro atoms. The van der Waals surface area contributed by atoms with Crippen molar-refractivity contribution < 1.29 is 33.7 Å². The number of nitrogens with one attached hydrogen (secondary N) is 1. The van der Waals surface area contributed by atoms with Crippen molar-refractivity contribution in [3.8, 4) is 51.0 Å². The van der Waals surface area contributed by atoms with E-state index in [-0.39, 0.29) is 17.2 Å². The average Bonchev–Trinajstić information content (AvgIpc) is 2.91. The van der Waals surface area contributed by atoms with Crippen LogP contribution in [-0.4, -0.2) is 37.6 Å². The molecule has 3 aromatic rings. The van der Waals surface area contributed by atoms with Crippen molar-refractivity contribution >= 4 is 12.0 Å². The van der Waals surface area contributed by atoms with E-state index in [2.05, 4.69) is 5.48 Å². The molecule has 0 amide bonds. The SMILES string of the molecule is COc1cc(-c2ccc(SOONCC=C(C)C)cc2)c(OC)c(O)c1-c1ccc(OCC=C(C)C)c(O)c1. The smallest absolute Gasteiger partial charge is 0.170 e. The Morgan fingerprint density at radius 1 is 0.846 bits per heavy atom. The topological polar surface area (TPSA) is 98.6 Å². The predicted molar refractivity (Wildman–Crippen MR) is 154 cm³/mol. The van der Waals surface area contributed by atoms with Gasteiger partial charge < -0.3 is 24.4 Å². The third-order valence-electron chi connectivity index (χ3n) is 5.60. The first kappa shape index (κ1) is 29.9. The van der Waals surface area contributed by atoms with Gasteiger partial charge in [0.1, 0.15) is 12.4 Å². The van der Waals surface area contributed by atoms with E-state index in [1.165, 1.54) is 25.9 Å². The molecule has 3 rings (SSSR count). The molecule has 0 saturated carbocycles. The first-order valence-corrected chi connectivity index (χ1v) is 13.0. The number of phenolic OH excluding ortho intramolecular Hbond substituents is 2. The first-order valence-electron chi connectivity index (χ1n) is 12.3. The maximum Gasteiger partial charge on any atom is 0.170 e.